The summed E-state index contributed by atoms with van der Waals surface area (Å²) < 4.78 is 2.83. The first kappa shape index (κ1) is 11.8. The summed E-state index contributed by atoms with van der Waals surface area (Å²) in [7, 11) is 0. The summed E-state index contributed by atoms with van der Waals surface area (Å²) in [6.07, 6.45) is 2.52. The summed E-state index contributed by atoms with van der Waals surface area (Å²) in [4.78, 5) is 0. The number of hydrogen-bond donors (Lipinski definition) is 1. The van der Waals surface area contributed by atoms with E-state index in [9.17, 15) is 0 Å². The molecule has 1 saturated carbocycles. The minimum absolute atomic E-state index is 0.652. The van der Waals surface area contributed by atoms with Crippen LogP contribution in [0.2, 0.25) is 0 Å². The van der Waals surface area contributed by atoms with Crippen LogP contribution in [-0.4, -0.2) is 26.2 Å². The van der Waals surface area contributed by atoms with Crippen LogP contribution >= 0.6 is 15.9 Å². The Morgan fingerprint density at radius 1 is 1.44 bits per heavy atom. The summed E-state index contributed by atoms with van der Waals surface area (Å²) in [5, 5.41) is 15.4. The quantitative estimate of drug-likeness (QED) is 0.938. The molecule has 1 aliphatic rings. The van der Waals surface area contributed by atoms with Gasteiger partial charge < -0.3 is 5.32 Å². The third-order valence-corrected chi connectivity index (χ3v) is 3.55. The van der Waals surface area contributed by atoms with E-state index in [0.717, 1.165) is 21.5 Å². The van der Waals surface area contributed by atoms with Gasteiger partial charge in [0.1, 0.15) is 0 Å². The highest BCUT2D eigenvalue weighted by Gasteiger charge is 2.21. The number of hydrogen-bond acceptors (Lipinski definition) is 4. The lowest BCUT2D eigenvalue weighted by molar-refractivity contribution is 0.637. The summed E-state index contributed by atoms with van der Waals surface area (Å²) in [5.41, 5.74) is 2.17. The van der Waals surface area contributed by atoms with Crippen molar-refractivity contribution in [2.24, 2.45) is 0 Å². The fourth-order valence-electron chi connectivity index (χ4n) is 1.84. The molecule has 0 saturated heterocycles. The molecule has 5 nitrogen and oxygen atoms in total. The summed E-state index contributed by atoms with van der Waals surface area (Å²) in [6, 6.07) is 6.76. The number of benzene rings is 1. The van der Waals surface area contributed by atoms with Gasteiger partial charge in [-0.25, -0.2) is 0 Å². The van der Waals surface area contributed by atoms with E-state index in [1.165, 1.54) is 12.8 Å². The molecule has 1 aliphatic carbocycles. The predicted octanol–water partition coefficient (Wildman–Crippen LogP) is 1.99. The molecule has 0 amide bonds. The van der Waals surface area contributed by atoms with Gasteiger partial charge in [-0.2, -0.15) is 4.68 Å². The molecule has 0 spiro atoms. The molecule has 1 aromatic heterocycles. The predicted molar refractivity (Wildman–Crippen MR) is 71.5 cm³/mol. The first-order valence-electron chi connectivity index (χ1n) is 6.01. The Balaban J connectivity index is 1.90. The van der Waals surface area contributed by atoms with Gasteiger partial charge in [0, 0.05) is 10.5 Å². The number of halogens is 1. The van der Waals surface area contributed by atoms with Crippen LogP contribution in [-0.2, 0) is 6.54 Å². The smallest absolute Gasteiger partial charge is 0.170 e. The van der Waals surface area contributed by atoms with Crippen LogP contribution in [0.1, 0.15) is 24.2 Å². The SMILES string of the molecule is Cc1ccc(Br)cc1-n1nnnc1CNC1CC1. The lowest BCUT2D eigenvalue weighted by atomic mass is 10.2. The molecule has 0 aliphatic heterocycles. The van der Waals surface area contributed by atoms with Gasteiger partial charge in [-0.3, -0.25) is 0 Å². The highest BCUT2D eigenvalue weighted by molar-refractivity contribution is 9.10. The van der Waals surface area contributed by atoms with Crippen molar-refractivity contribution in [1.82, 2.24) is 25.5 Å². The number of nitrogens with zero attached hydrogens (tertiary/aromatic N) is 4. The zero-order valence-electron chi connectivity index (χ0n) is 10.1. The average molecular weight is 308 g/mol. The number of rotatable bonds is 4. The van der Waals surface area contributed by atoms with Gasteiger partial charge in [-0.15, -0.1) is 5.10 Å². The molecular weight excluding hydrogens is 294 g/mol. The van der Waals surface area contributed by atoms with E-state index in [4.69, 9.17) is 0 Å². The fraction of sp³-hybridized carbons (Fsp3) is 0.417. The molecule has 2 aromatic rings. The molecule has 1 N–H and O–H groups in total. The van der Waals surface area contributed by atoms with Crippen LogP contribution in [0.4, 0.5) is 0 Å². The van der Waals surface area contributed by atoms with Crippen molar-refractivity contribution in [1.29, 1.82) is 0 Å². The van der Waals surface area contributed by atoms with Crippen molar-refractivity contribution in [2.75, 3.05) is 0 Å². The Kier molecular flexibility index (Phi) is 3.13. The van der Waals surface area contributed by atoms with Crippen molar-refractivity contribution in [3.05, 3.63) is 34.1 Å². The molecule has 94 valence electrons. The van der Waals surface area contributed by atoms with E-state index in [-0.39, 0.29) is 0 Å². The van der Waals surface area contributed by atoms with Crippen molar-refractivity contribution in [3.8, 4) is 5.69 Å². The van der Waals surface area contributed by atoms with Gasteiger partial charge in [-0.1, -0.05) is 22.0 Å². The van der Waals surface area contributed by atoms with Crippen LogP contribution in [0, 0.1) is 6.92 Å². The van der Waals surface area contributed by atoms with Gasteiger partial charge in [-0.05, 0) is 47.9 Å². The van der Waals surface area contributed by atoms with Crippen LogP contribution in [0.3, 0.4) is 0 Å². The standard InChI is InChI=1S/C12H14BrN5/c1-8-2-3-9(13)6-11(8)18-12(15-16-17-18)7-14-10-4-5-10/h2-3,6,10,14H,4-5,7H2,1H3. The monoisotopic (exact) mass is 307 g/mol. The fourth-order valence-corrected chi connectivity index (χ4v) is 2.19. The largest absolute Gasteiger partial charge is 0.307 e. The van der Waals surface area contributed by atoms with Crippen molar-refractivity contribution in [2.45, 2.75) is 32.4 Å². The van der Waals surface area contributed by atoms with Crippen LogP contribution in [0.15, 0.2) is 22.7 Å². The highest BCUT2D eigenvalue weighted by Crippen LogP contribution is 2.21. The lowest BCUT2D eigenvalue weighted by Gasteiger charge is -2.08. The zero-order chi connectivity index (χ0) is 12.5. The number of aryl methyl sites for hydroxylation is 1. The second-order valence-electron chi connectivity index (χ2n) is 4.59. The molecule has 1 fully saturated rings. The highest BCUT2D eigenvalue weighted by atomic mass is 79.9. The first-order valence-corrected chi connectivity index (χ1v) is 6.80. The number of nitrogens with one attached hydrogen (secondary N) is 1. The maximum absolute atomic E-state index is 4.09. The molecule has 1 aromatic carbocycles. The van der Waals surface area contributed by atoms with Gasteiger partial charge in [0.25, 0.3) is 0 Å². The van der Waals surface area contributed by atoms with E-state index in [2.05, 4.69) is 49.8 Å². The van der Waals surface area contributed by atoms with Crippen LogP contribution in [0.25, 0.3) is 5.69 Å². The van der Waals surface area contributed by atoms with Crippen molar-refractivity contribution < 1.29 is 0 Å². The second-order valence-corrected chi connectivity index (χ2v) is 5.51. The van der Waals surface area contributed by atoms with E-state index in [0.29, 0.717) is 12.6 Å². The van der Waals surface area contributed by atoms with E-state index in [1.54, 1.807) is 4.68 Å². The molecule has 3 rings (SSSR count). The number of tetrazole rings is 1. The number of aromatic nitrogens is 4. The maximum Gasteiger partial charge on any atom is 0.170 e. The summed E-state index contributed by atoms with van der Waals surface area (Å²) in [6.45, 7) is 2.77. The summed E-state index contributed by atoms with van der Waals surface area (Å²) in [5.74, 6) is 0.850. The average Bonchev–Trinajstić information content (AvgIpc) is 3.08. The van der Waals surface area contributed by atoms with E-state index in [1.807, 2.05) is 12.1 Å². The molecule has 0 atom stereocenters. The van der Waals surface area contributed by atoms with Crippen LogP contribution < -0.4 is 5.32 Å². The molecule has 18 heavy (non-hydrogen) atoms. The third-order valence-electron chi connectivity index (χ3n) is 3.06. The van der Waals surface area contributed by atoms with E-state index < -0.39 is 0 Å². The molecule has 0 bridgehead atoms. The Hall–Kier alpha value is -1.27. The topological polar surface area (TPSA) is 55.6 Å². The Morgan fingerprint density at radius 3 is 3.06 bits per heavy atom. The van der Waals surface area contributed by atoms with Gasteiger partial charge in [0.05, 0.1) is 12.2 Å². The molecule has 0 radical (unpaired) electrons. The Labute approximate surface area is 114 Å². The first-order chi connectivity index (χ1) is 8.74. The minimum atomic E-state index is 0.652. The van der Waals surface area contributed by atoms with Gasteiger partial charge >= 0.3 is 0 Å². The van der Waals surface area contributed by atoms with Crippen LogP contribution in [0.5, 0.6) is 0 Å². The van der Waals surface area contributed by atoms with Gasteiger partial charge in [0.15, 0.2) is 5.82 Å². The maximum atomic E-state index is 4.09. The van der Waals surface area contributed by atoms with E-state index >= 15 is 0 Å². The Morgan fingerprint density at radius 2 is 2.28 bits per heavy atom. The Bertz CT molecular complexity index is 561. The molecule has 1 heterocycles. The second kappa shape index (κ2) is 4.78. The van der Waals surface area contributed by atoms with Crippen molar-refractivity contribution >= 4 is 15.9 Å². The zero-order valence-corrected chi connectivity index (χ0v) is 11.7. The molecule has 0 unspecified atom stereocenters. The van der Waals surface area contributed by atoms with Gasteiger partial charge in [0.2, 0.25) is 0 Å². The molecule has 6 heteroatoms. The lowest BCUT2D eigenvalue weighted by Crippen LogP contribution is -2.19. The normalized spacial score (nSPS) is 15.0. The minimum Gasteiger partial charge on any atom is -0.307 e. The third kappa shape index (κ3) is 2.44. The molecular formula is C12H14BrN5. The summed E-state index contributed by atoms with van der Waals surface area (Å²) >= 11 is 3.48. The van der Waals surface area contributed by atoms with Crippen molar-refractivity contribution in [3.63, 3.8) is 0 Å².